The molecule has 0 saturated carbocycles. The van der Waals surface area contributed by atoms with Gasteiger partial charge in [-0.25, -0.2) is 8.91 Å². The van der Waals surface area contributed by atoms with E-state index in [0.29, 0.717) is 5.52 Å². The van der Waals surface area contributed by atoms with Crippen LogP contribution in [0.3, 0.4) is 0 Å². The molecule has 0 fully saturated rings. The van der Waals surface area contributed by atoms with Gasteiger partial charge in [0.05, 0.1) is 23.4 Å². The minimum atomic E-state index is -0.299. The molecule has 18 heavy (non-hydrogen) atoms. The average Bonchev–Trinajstić information content (AvgIpc) is 2.77. The molecule has 0 aliphatic heterocycles. The molecule has 2 aromatic rings. The molecule has 1 aliphatic rings. The second kappa shape index (κ2) is 3.32. The molecule has 0 spiro atoms. The number of hydrogen-bond donors (Lipinski definition) is 0. The SMILES string of the molecule is Cc1cc2c(F)cc3c(n2n1)C(C)(C)CC3C#N. The van der Waals surface area contributed by atoms with Crippen LogP contribution in [0.2, 0.25) is 0 Å². The highest BCUT2D eigenvalue weighted by Gasteiger charge is 2.40. The van der Waals surface area contributed by atoms with Crippen LogP contribution >= 0.6 is 0 Å². The normalized spacial score (nSPS) is 20.9. The number of pyridine rings is 1. The van der Waals surface area contributed by atoms with E-state index in [-0.39, 0.29) is 17.2 Å². The predicted octanol–water partition coefficient (Wildman–Crippen LogP) is 3.07. The van der Waals surface area contributed by atoms with Crippen molar-refractivity contribution in [3.63, 3.8) is 0 Å². The number of fused-ring (bicyclic) bond motifs is 3. The van der Waals surface area contributed by atoms with Gasteiger partial charge in [-0.3, -0.25) is 0 Å². The lowest BCUT2D eigenvalue weighted by Gasteiger charge is -2.19. The summed E-state index contributed by atoms with van der Waals surface area (Å²) >= 11 is 0. The van der Waals surface area contributed by atoms with Gasteiger partial charge in [0, 0.05) is 5.41 Å². The Kier molecular flexibility index (Phi) is 2.07. The summed E-state index contributed by atoms with van der Waals surface area (Å²) in [5, 5.41) is 13.6. The Bertz CT molecular complexity index is 691. The van der Waals surface area contributed by atoms with Crippen LogP contribution in [0.4, 0.5) is 4.39 Å². The molecule has 0 N–H and O–H groups in total. The number of aromatic nitrogens is 2. The summed E-state index contributed by atoms with van der Waals surface area (Å²) in [5.41, 5.74) is 2.89. The highest BCUT2D eigenvalue weighted by molar-refractivity contribution is 5.56. The van der Waals surface area contributed by atoms with E-state index >= 15 is 0 Å². The van der Waals surface area contributed by atoms with Crippen molar-refractivity contribution < 1.29 is 4.39 Å². The van der Waals surface area contributed by atoms with Gasteiger partial charge in [-0.05, 0) is 31.0 Å². The van der Waals surface area contributed by atoms with E-state index in [0.717, 1.165) is 23.4 Å². The van der Waals surface area contributed by atoms with Gasteiger partial charge in [0.25, 0.3) is 0 Å². The van der Waals surface area contributed by atoms with Crippen LogP contribution in [0.1, 0.15) is 43.1 Å². The summed E-state index contributed by atoms with van der Waals surface area (Å²) in [6, 6.07) is 5.52. The topological polar surface area (TPSA) is 41.1 Å². The van der Waals surface area contributed by atoms with Crippen molar-refractivity contribution in [3.8, 4) is 6.07 Å². The van der Waals surface area contributed by atoms with Crippen molar-refractivity contribution >= 4 is 5.52 Å². The highest BCUT2D eigenvalue weighted by Crippen LogP contribution is 2.45. The lowest BCUT2D eigenvalue weighted by molar-refractivity contribution is 0.484. The molecule has 1 unspecified atom stereocenters. The molecule has 1 atom stereocenters. The maximum atomic E-state index is 14.0. The van der Waals surface area contributed by atoms with E-state index in [1.54, 1.807) is 10.6 Å². The van der Waals surface area contributed by atoms with Crippen LogP contribution in [0.15, 0.2) is 12.1 Å². The monoisotopic (exact) mass is 243 g/mol. The first kappa shape index (κ1) is 11.2. The van der Waals surface area contributed by atoms with Crippen molar-refractivity contribution in [2.45, 2.75) is 38.5 Å². The molecular weight excluding hydrogens is 229 g/mol. The first-order valence-electron chi connectivity index (χ1n) is 6.03. The molecule has 0 bridgehead atoms. The Hall–Kier alpha value is -1.89. The summed E-state index contributed by atoms with van der Waals surface area (Å²) in [6.45, 7) is 6.01. The molecule has 3 nitrogen and oxygen atoms in total. The third-order valence-electron chi connectivity index (χ3n) is 3.73. The van der Waals surface area contributed by atoms with Gasteiger partial charge in [-0.15, -0.1) is 0 Å². The van der Waals surface area contributed by atoms with Crippen molar-refractivity contribution in [3.05, 3.63) is 34.9 Å². The van der Waals surface area contributed by atoms with E-state index in [9.17, 15) is 9.65 Å². The first-order valence-corrected chi connectivity index (χ1v) is 6.03. The van der Waals surface area contributed by atoms with E-state index < -0.39 is 0 Å². The van der Waals surface area contributed by atoms with Crippen molar-refractivity contribution in [1.29, 1.82) is 5.26 Å². The van der Waals surface area contributed by atoms with E-state index in [1.165, 1.54) is 6.07 Å². The van der Waals surface area contributed by atoms with Gasteiger partial charge in [-0.1, -0.05) is 13.8 Å². The lowest BCUT2D eigenvalue weighted by atomic mass is 9.89. The summed E-state index contributed by atoms with van der Waals surface area (Å²) in [7, 11) is 0. The molecule has 0 radical (unpaired) electrons. The van der Waals surface area contributed by atoms with Gasteiger partial charge in [0.2, 0.25) is 0 Å². The zero-order chi connectivity index (χ0) is 13.1. The molecule has 0 saturated heterocycles. The Balaban J connectivity index is 2.45. The standard InChI is InChI=1S/C14H14FN3/c1-8-4-12-11(15)5-10-9(7-16)6-14(2,3)13(10)18(12)17-8/h4-5,9H,6H2,1-3H3. The number of rotatable bonds is 0. The van der Waals surface area contributed by atoms with Crippen LogP contribution < -0.4 is 0 Å². The van der Waals surface area contributed by atoms with E-state index in [2.05, 4.69) is 25.0 Å². The quantitative estimate of drug-likeness (QED) is 0.713. The van der Waals surface area contributed by atoms with Crippen LogP contribution in [0.25, 0.3) is 5.52 Å². The Morgan fingerprint density at radius 3 is 2.89 bits per heavy atom. The predicted molar refractivity (Wildman–Crippen MR) is 65.9 cm³/mol. The van der Waals surface area contributed by atoms with Crippen LogP contribution in [0, 0.1) is 24.1 Å². The minimum absolute atomic E-state index is 0.153. The van der Waals surface area contributed by atoms with Gasteiger partial charge in [-0.2, -0.15) is 10.4 Å². The first-order chi connectivity index (χ1) is 8.44. The van der Waals surface area contributed by atoms with Gasteiger partial charge in [0.1, 0.15) is 11.3 Å². The van der Waals surface area contributed by atoms with Crippen LogP contribution in [-0.4, -0.2) is 9.61 Å². The summed E-state index contributed by atoms with van der Waals surface area (Å²) in [4.78, 5) is 0. The number of nitriles is 1. The third-order valence-corrected chi connectivity index (χ3v) is 3.73. The molecule has 1 aliphatic carbocycles. The van der Waals surface area contributed by atoms with Crippen molar-refractivity contribution in [2.24, 2.45) is 0 Å². The number of hydrogen-bond acceptors (Lipinski definition) is 2. The second-order valence-electron chi connectivity index (χ2n) is 5.65. The largest absolute Gasteiger partial charge is 0.234 e. The number of aryl methyl sites for hydroxylation is 1. The van der Waals surface area contributed by atoms with E-state index in [4.69, 9.17) is 0 Å². The van der Waals surface area contributed by atoms with Crippen molar-refractivity contribution in [2.75, 3.05) is 0 Å². The Morgan fingerprint density at radius 2 is 2.22 bits per heavy atom. The van der Waals surface area contributed by atoms with E-state index in [1.807, 2.05) is 6.92 Å². The summed E-state index contributed by atoms with van der Waals surface area (Å²) < 4.78 is 15.7. The average molecular weight is 243 g/mol. The number of nitrogens with zero attached hydrogens (tertiary/aromatic N) is 3. The fraction of sp³-hybridized carbons (Fsp3) is 0.429. The maximum absolute atomic E-state index is 14.0. The summed E-state index contributed by atoms with van der Waals surface area (Å²) in [6.07, 6.45) is 0.719. The van der Waals surface area contributed by atoms with Gasteiger partial charge in [0.15, 0.2) is 0 Å². The molecule has 0 aromatic carbocycles. The minimum Gasteiger partial charge on any atom is -0.234 e. The molecule has 92 valence electrons. The maximum Gasteiger partial charge on any atom is 0.149 e. The van der Waals surface area contributed by atoms with Gasteiger partial charge >= 0.3 is 0 Å². The molecule has 3 rings (SSSR count). The zero-order valence-corrected chi connectivity index (χ0v) is 10.7. The van der Waals surface area contributed by atoms with Gasteiger partial charge < -0.3 is 0 Å². The van der Waals surface area contributed by atoms with Crippen molar-refractivity contribution in [1.82, 2.24) is 9.61 Å². The van der Waals surface area contributed by atoms with Crippen LogP contribution in [0.5, 0.6) is 0 Å². The van der Waals surface area contributed by atoms with Crippen LogP contribution in [-0.2, 0) is 5.41 Å². The fourth-order valence-corrected chi connectivity index (χ4v) is 3.02. The molecule has 2 aromatic heterocycles. The second-order valence-corrected chi connectivity index (χ2v) is 5.65. The third kappa shape index (κ3) is 1.30. The highest BCUT2D eigenvalue weighted by atomic mass is 19.1. The molecular formula is C14H14FN3. The molecule has 2 heterocycles. The summed E-state index contributed by atoms with van der Waals surface area (Å²) in [5.74, 6) is -0.536. The molecule has 0 amide bonds. The number of halogens is 1. The fourth-order valence-electron chi connectivity index (χ4n) is 3.02. The Morgan fingerprint density at radius 1 is 1.50 bits per heavy atom. The zero-order valence-electron chi connectivity index (χ0n) is 10.7. The smallest absolute Gasteiger partial charge is 0.149 e. The lowest BCUT2D eigenvalue weighted by Crippen LogP contribution is -2.17. The Labute approximate surface area is 105 Å². The molecule has 4 heteroatoms.